The van der Waals surface area contributed by atoms with Crippen LogP contribution in [0, 0.1) is 29.6 Å². The van der Waals surface area contributed by atoms with Gasteiger partial charge in [-0.3, -0.25) is 24.7 Å². The summed E-state index contributed by atoms with van der Waals surface area (Å²) in [6.45, 7) is 13.5. The number of piperazine rings is 1. The molecule has 11 nitrogen and oxygen atoms in total. The van der Waals surface area contributed by atoms with Gasteiger partial charge in [-0.15, -0.1) is 6.42 Å². The SMILES string of the molecule is C#CCN1CCN(C[C@]23COC(C2OP(OCCC#N)N(C(C)C)C(C)C)[C@H](C2C=CC(=O)NC2=O)O3)CC1. The molecule has 4 unspecified atom stereocenters. The lowest BCUT2D eigenvalue weighted by molar-refractivity contribution is -0.171. The maximum Gasteiger partial charge on any atom is 0.259 e. The summed E-state index contributed by atoms with van der Waals surface area (Å²) in [4.78, 5) is 29.1. The molecule has 0 aromatic heterocycles. The zero-order chi connectivity index (χ0) is 28.2. The first-order valence-corrected chi connectivity index (χ1v) is 14.8. The molecule has 0 radical (unpaired) electrons. The molecule has 3 fully saturated rings. The topological polar surface area (TPSA) is 117 Å². The summed E-state index contributed by atoms with van der Waals surface area (Å²) in [5.41, 5.74) is -0.821. The number of terminal acetylenes is 1. The Morgan fingerprint density at radius 3 is 2.51 bits per heavy atom. The van der Waals surface area contributed by atoms with Gasteiger partial charge in [0.2, 0.25) is 11.8 Å². The van der Waals surface area contributed by atoms with E-state index in [2.05, 4.69) is 59.5 Å². The van der Waals surface area contributed by atoms with Gasteiger partial charge in [0, 0.05) is 50.9 Å². The van der Waals surface area contributed by atoms with E-state index in [1.54, 1.807) is 6.08 Å². The summed E-state index contributed by atoms with van der Waals surface area (Å²) in [7, 11) is -1.56. The van der Waals surface area contributed by atoms with Crippen LogP contribution in [0.1, 0.15) is 34.1 Å². The summed E-state index contributed by atoms with van der Waals surface area (Å²) >= 11 is 0. The molecular formula is C27H40N5O6P. The second-order valence-electron chi connectivity index (χ2n) is 11.0. The van der Waals surface area contributed by atoms with E-state index in [-0.39, 0.29) is 25.1 Å². The Bertz CT molecular complexity index is 996. The molecule has 0 aromatic rings. The number of carbonyl (C=O) groups excluding carboxylic acids is 2. The minimum atomic E-state index is -1.56. The first-order valence-electron chi connectivity index (χ1n) is 13.6. The molecule has 0 saturated carbocycles. The van der Waals surface area contributed by atoms with Crippen molar-refractivity contribution in [3.05, 3.63) is 12.2 Å². The largest absolute Gasteiger partial charge is 0.369 e. The van der Waals surface area contributed by atoms with Crippen LogP contribution in [0.2, 0.25) is 0 Å². The maximum atomic E-state index is 12.8. The van der Waals surface area contributed by atoms with Gasteiger partial charge >= 0.3 is 0 Å². The van der Waals surface area contributed by atoms with Crippen LogP contribution in [0.4, 0.5) is 0 Å². The molecule has 4 aliphatic rings. The Morgan fingerprint density at radius 2 is 1.90 bits per heavy atom. The highest BCUT2D eigenvalue weighted by Gasteiger charge is 2.65. The summed E-state index contributed by atoms with van der Waals surface area (Å²) in [5, 5.41) is 11.5. The van der Waals surface area contributed by atoms with E-state index in [9.17, 15) is 9.59 Å². The van der Waals surface area contributed by atoms with E-state index >= 15 is 0 Å². The second-order valence-corrected chi connectivity index (χ2v) is 12.4. The summed E-state index contributed by atoms with van der Waals surface area (Å²) in [6, 6.07) is 2.40. The van der Waals surface area contributed by atoms with Crippen LogP contribution in [0.25, 0.3) is 0 Å². The van der Waals surface area contributed by atoms with Crippen LogP contribution < -0.4 is 5.32 Å². The molecule has 0 aliphatic carbocycles. The molecule has 3 saturated heterocycles. The van der Waals surface area contributed by atoms with E-state index < -0.39 is 50.2 Å². The normalized spacial score (nSPS) is 32.1. The average Bonchev–Trinajstić information content (AvgIpc) is 3.35. The molecule has 2 bridgehead atoms. The van der Waals surface area contributed by atoms with Crippen molar-refractivity contribution in [3.8, 4) is 18.4 Å². The molecular weight excluding hydrogens is 521 g/mol. The molecule has 4 rings (SSSR count). The number of rotatable bonds is 12. The van der Waals surface area contributed by atoms with Gasteiger partial charge in [-0.05, 0) is 27.7 Å². The first kappa shape index (κ1) is 30.0. The average molecular weight is 562 g/mol. The highest BCUT2D eigenvalue weighted by Crippen LogP contribution is 2.54. The van der Waals surface area contributed by atoms with Gasteiger partial charge < -0.3 is 18.5 Å². The van der Waals surface area contributed by atoms with Gasteiger partial charge in [-0.1, -0.05) is 12.0 Å². The molecule has 39 heavy (non-hydrogen) atoms. The van der Waals surface area contributed by atoms with Crippen LogP contribution in [0.15, 0.2) is 12.2 Å². The number of amides is 2. The zero-order valence-electron chi connectivity index (χ0n) is 23.2. The molecule has 0 spiro atoms. The highest BCUT2D eigenvalue weighted by atomic mass is 31.2. The van der Waals surface area contributed by atoms with Crippen LogP contribution in [-0.4, -0.2) is 115 Å². The number of carbonyl (C=O) groups is 2. The van der Waals surface area contributed by atoms with Crippen LogP contribution in [0.5, 0.6) is 0 Å². The van der Waals surface area contributed by atoms with Crippen molar-refractivity contribution < 1.29 is 28.1 Å². The number of hydrogen-bond acceptors (Lipinski definition) is 10. The fourth-order valence-electron chi connectivity index (χ4n) is 5.81. The minimum absolute atomic E-state index is 0.133. The van der Waals surface area contributed by atoms with E-state index in [1.807, 2.05) is 0 Å². The van der Waals surface area contributed by atoms with Crippen molar-refractivity contribution in [1.82, 2.24) is 19.8 Å². The van der Waals surface area contributed by atoms with Crippen molar-refractivity contribution in [2.45, 2.75) is 70.1 Å². The first-order chi connectivity index (χ1) is 18.7. The smallest absolute Gasteiger partial charge is 0.259 e. The molecule has 4 aliphatic heterocycles. The van der Waals surface area contributed by atoms with Crippen LogP contribution in [0.3, 0.4) is 0 Å². The zero-order valence-corrected chi connectivity index (χ0v) is 24.1. The third-order valence-electron chi connectivity index (χ3n) is 7.53. The van der Waals surface area contributed by atoms with E-state index in [4.69, 9.17) is 30.2 Å². The monoisotopic (exact) mass is 561 g/mol. The molecule has 0 aromatic carbocycles. The van der Waals surface area contributed by atoms with Gasteiger partial charge in [-0.25, -0.2) is 4.67 Å². The van der Waals surface area contributed by atoms with Crippen LogP contribution >= 0.6 is 8.53 Å². The molecule has 1 N–H and O–H groups in total. The lowest BCUT2D eigenvalue weighted by atomic mass is 9.92. The van der Waals surface area contributed by atoms with Gasteiger partial charge in [-0.2, -0.15) is 5.26 Å². The highest BCUT2D eigenvalue weighted by molar-refractivity contribution is 7.44. The number of hydrogen-bond donors (Lipinski definition) is 1. The predicted octanol–water partition coefficient (Wildman–Crippen LogP) is 1.26. The lowest BCUT2D eigenvalue weighted by Gasteiger charge is -2.42. The molecule has 214 valence electrons. The number of imide groups is 1. The van der Waals surface area contributed by atoms with Crippen molar-refractivity contribution in [2.24, 2.45) is 5.92 Å². The number of fused-ring (bicyclic) bond motifs is 2. The number of nitrogens with zero attached hydrogens (tertiary/aromatic N) is 4. The maximum absolute atomic E-state index is 12.8. The van der Waals surface area contributed by atoms with Crippen molar-refractivity contribution in [2.75, 3.05) is 52.5 Å². The van der Waals surface area contributed by atoms with Gasteiger partial charge in [0.25, 0.3) is 8.53 Å². The fourth-order valence-corrected chi connectivity index (χ4v) is 7.62. The molecule has 12 heteroatoms. The van der Waals surface area contributed by atoms with E-state index in [1.165, 1.54) is 6.08 Å². The second kappa shape index (κ2) is 13.2. The fraction of sp³-hybridized carbons (Fsp3) is 0.741. The Labute approximate surface area is 232 Å². The summed E-state index contributed by atoms with van der Waals surface area (Å²) < 4.78 is 28.3. The summed E-state index contributed by atoms with van der Waals surface area (Å²) in [5.74, 6) is 1.20. The van der Waals surface area contributed by atoms with Crippen molar-refractivity contribution in [3.63, 3.8) is 0 Å². The third-order valence-corrected chi connectivity index (χ3v) is 9.64. The molecule has 4 heterocycles. The lowest BCUT2D eigenvalue weighted by Crippen LogP contribution is -2.56. The Hall–Kier alpha value is -1.92. The van der Waals surface area contributed by atoms with Gasteiger partial charge in [0.15, 0.2) is 0 Å². The predicted molar refractivity (Wildman–Crippen MR) is 145 cm³/mol. The minimum Gasteiger partial charge on any atom is -0.369 e. The summed E-state index contributed by atoms with van der Waals surface area (Å²) in [6.07, 6.45) is 7.09. The van der Waals surface area contributed by atoms with Gasteiger partial charge in [0.05, 0.1) is 38.2 Å². The number of nitriles is 1. The molecule has 2 amide bonds. The number of nitrogens with one attached hydrogen (secondary N) is 1. The Balaban J connectivity index is 1.60. The van der Waals surface area contributed by atoms with Crippen molar-refractivity contribution in [1.29, 1.82) is 5.26 Å². The Kier molecular flexibility index (Phi) is 10.1. The Morgan fingerprint density at radius 1 is 1.21 bits per heavy atom. The number of ether oxygens (including phenoxy) is 2. The quantitative estimate of drug-likeness (QED) is 0.162. The van der Waals surface area contributed by atoms with Crippen LogP contribution in [-0.2, 0) is 28.1 Å². The third kappa shape index (κ3) is 6.70. The van der Waals surface area contributed by atoms with Crippen molar-refractivity contribution >= 4 is 20.3 Å². The molecule has 6 atom stereocenters. The van der Waals surface area contributed by atoms with Gasteiger partial charge in [0.1, 0.15) is 23.9 Å². The van der Waals surface area contributed by atoms with E-state index in [0.29, 0.717) is 19.7 Å². The standard InChI is InChI=1S/C27H40N5O6P/c1-6-11-30-12-14-31(15-13-30)17-27-18-35-24(23(37-27)21-8-9-22(33)29-26(21)34)25(27)38-39(36-16-7-10-28)32(19(2)3)20(4)5/h1,8-9,19-21,23-25H,7,11-18H2,2-5H3,(H,29,33,34)/t21?,23-,24?,25?,27-,39?/m0/s1. The van der Waals surface area contributed by atoms with E-state index in [0.717, 1.165) is 26.2 Å².